The van der Waals surface area contributed by atoms with Gasteiger partial charge in [0, 0.05) is 16.3 Å². The van der Waals surface area contributed by atoms with E-state index in [2.05, 4.69) is 0 Å². The molecule has 0 aliphatic heterocycles. The van der Waals surface area contributed by atoms with E-state index in [1.165, 1.54) is 8.54 Å². The fourth-order valence-electron chi connectivity index (χ4n) is 5.81. The van der Waals surface area contributed by atoms with Crippen LogP contribution >= 0.6 is 0 Å². The maximum Gasteiger partial charge on any atom is 0.268 e. The predicted molar refractivity (Wildman–Crippen MR) is 174 cm³/mol. The van der Waals surface area contributed by atoms with Crippen molar-refractivity contribution >= 4 is 37.8 Å². The molecule has 7 heteroatoms. The molecule has 0 atom stereocenters. The maximum absolute atomic E-state index is 14.7. The van der Waals surface area contributed by atoms with Crippen molar-refractivity contribution in [1.29, 1.82) is 0 Å². The lowest BCUT2D eigenvalue weighted by molar-refractivity contribution is 0.375. The average Bonchev–Trinajstić information content (AvgIpc) is 3.27. The normalized spacial score (nSPS) is 12.8. The second-order valence-electron chi connectivity index (χ2n) is 11.9. The molecule has 216 valence electrons. The van der Waals surface area contributed by atoms with Crippen LogP contribution in [-0.4, -0.2) is 17.0 Å². The second-order valence-corrected chi connectivity index (χ2v) is 13.7. The van der Waals surface area contributed by atoms with Gasteiger partial charge in [-0.25, -0.2) is 12.4 Å². The molecule has 0 radical (unpaired) electrons. The monoisotopic (exact) mass is 588 g/mol. The zero-order valence-corrected chi connectivity index (χ0v) is 25.6. The molecule has 0 amide bonds. The molecule has 6 rings (SSSR count). The van der Waals surface area contributed by atoms with Crippen LogP contribution < -0.4 is 16.3 Å². The Bertz CT molecular complexity index is 2310. The Morgan fingerprint density at radius 2 is 1.28 bits per heavy atom. The molecule has 0 N–H and O–H groups in total. The molecule has 0 unspecified atom stereocenters. The molecule has 2 heterocycles. The number of rotatable bonds is 4. The summed E-state index contributed by atoms with van der Waals surface area (Å²) in [6.07, 6.45) is 1.76. The lowest BCUT2D eigenvalue weighted by Crippen LogP contribution is -2.47. The molecular weight excluding hydrogens is 556 g/mol. The number of nitrogens with zero attached hydrogens (tertiary/aromatic N) is 2. The van der Waals surface area contributed by atoms with Crippen molar-refractivity contribution in [2.75, 3.05) is 0 Å². The minimum atomic E-state index is -4.18. The number of aryl methyl sites for hydroxylation is 2. The topological polar surface area (TPSA) is 78.1 Å². The highest BCUT2D eigenvalue weighted by Gasteiger charge is 2.31. The van der Waals surface area contributed by atoms with Crippen LogP contribution in [0.25, 0.3) is 39.0 Å². The zero-order chi connectivity index (χ0) is 30.7. The van der Waals surface area contributed by atoms with Crippen molar-refractivity contribution in [1.82, 2.24) is 8.54 Å². The van der Waals surface area contributed by atoms with E-state index < -0.39 is 26.7 Å². The quantitative estimate of drug-likeness (QED) is 0.248. The Balaban J connectivity index is 2.01. The van der Waals surface area contributed by atoms with Crippen molar-refractivity contribution in [3.8, 4) is 11.3 Å². The summed E-state index contributed by atoms with van der Waals surface area (Å²) >= 11 is 0. The van der Waals surface area contributed by atoms with Crippen molar-refractivity contribution in [2.24, 2.45) is 0 Å². The molecule has 6 nitrogen and oxygen atoms in total. The molecule has 2 aromatic heterocycles. The number of hydrogen-bond donors (Lipinski definition) is 0. The molecule has 43 heavy (non-hydrogen) atoms. The Morgan fingerprint density at radius 1 is 0.674 bits per heavy atom. The lowest BCUT2D eigenvalue weighted by Gasteiger charge is -2.20. The van der Waals surface area contributed by atoms with Gasteiger partial charge in [-0.05, 0) is 75.6 Å². The predicted octanol–water partition coefficient (Wildman–Crippen LogP) is 6.14. The molecule has 0 aliphatic carbocycles. The Morgan fingerprint density at radius 3 is 1.88 bits per heavy atom. The van der Waals surface area contributed by atoms with Crippen LogP contribution in [0.4, 0.5) is 0 Å². The fraction of sp³-hybridized carbons (Fsp3) is 0.167. The van der Waals surface area contributed by atoms with Gasteiger partial charge in [0.15, 0.2) is 0 Å². The van der Waals surface area contributed by atoms with Crippen LogP contribution in [0.15, 0.2) is 112 Å². The van der Waals surface area contributed by atoms with E-state index in [1.807, 2.05) is 95.3 Å². The van der Waals surface area contributed by atoms with Crippen LogP contribution in [0.1, 0.15) is 37.5 Å². The molecule has 6 aromatic rings. The van der Waals surface area contributed by atoms with Crippen molar-refractivity contribution in [2.45, 2.75) is 45.1 Å². The minimum Gasteiger partial charge on any atom is -0.269 e. The van der Waals surface area contributed by atoms with Gasteiger partial charge in [0.2, 0.25) is 0 Å². The van der Waals surface area contributed by atoms with Gasteiger partial charge >= 0.3 is 0 Å². The summed E-state index contributed by atoms with van der Waals surface area (Å²) in [4.78, 5) is 29.2. The Kier molecular flexibility index (Phi) is 6.74. The summed E-state index contributed by atoms with van der Waals surface area (Å²) < 4.78 is 31.8. The summed E-state index contributed by atoms with van der Waals surface area (Å²) in [6.45, 7) is 9.20. The number of hydrogen-bond acceptors (Lipinski definition) is 4. The van der Waals surface area contributed by atoms with E-state index in [4.69, 9.17) is 0 Å². The van der Waals surface area contributed by atoms with E-state index in [0.717, 1.165) is 11.1 Å². The molecule has 0 saturated heterocycles. The average molecular weight is 589 g/mol. The molecule has 0 spiro atoms. The molecule has 4 aromatic carbocycles. The van der Waals surface area contributed by atoms with E-state index >= 15 is 0 Å². The zero-order valence-electron chi connectivity index (χ0n) is 24.8. The van der Waals surface area contributed by atoms with Gasteiger partial charge in [0.25, 0.3) is 21.1 Å². The van der Waals surface area contributed by atoms with Gasteiger partial charge in [-0.15, -0.1) is 0 Å². The lowest BCUT2D eigenvalue weighted by atomic mass is 10.0. The standard InChI is InChI=1S/C36H32N2O4S/c1-23-16-19-27(20-17-23)43(41,42)38-29-21-18-24(2)30-32(29)31(33(38)26-14-10-7-11-15-26)28(22-25-12-8-6-9-13-25)34(39)37(35(30)40)36(3,4)5/h6-22H,1-5H3/b28-22-. The van der Waals surface area contributed by atoms with Gasteiger partial charge in [-0.1, -0.05) is 84.4 Å². The molecule has 0 aliphatic rings. The van der Waals surface area contributed by atoms with Crippen LogP contribution in [0.2, 0.25) is 0 Å². The first kappa shape index (κ1) is 28.4. The molecule has 0 bridgehead atoms. The largest absolute Gasteiger partial charge is 0.269 e. The third-order valence-corrected chi connectivity index (χ3v) is 9.54. The number of aromatic nitrogens is 2. The van der Waals surface area contributed by atoms with Crippen molar-refractivity contribution < 1.29 is 8.42 Å². The van der Waals surface area contributed by atoms with Crippen LogP contribution in [-0.2, 0) is 15.6 Å². The van der Waals surface area contributed by atoms with Gasteiger partial charge in [-0.3, -0.25) is 14.2 Å². The van der Waals surface area contributed by atoms with E-state index in [9.17, 15) is 18.0 Å². The van der Waals surface area contributed by atoms with Gasteiger partial charge < -0.3 is 0 Å². The highest BCUT2D eigenvalue weighted by Crippen LogP contribution is 2.38. The second kappa shape index (κ2) is 10.2. The third kappa shape index (κ3) is 4.61. The highest BCUT2D eigenvalue weighted by atomic mass is 32.2. The number of benzene rings is 4. The van der Waals surface area contributed by atoms with Crippen LogP contribution in [0.5, 0.6) is 0 Å². The van der Waals surface area contributed by atoms with Gasteiger partial charge in [0.1, 0.15) is 0 Å². The van der Waals surface area contributed by atoms with E-state index in [0.29, 0.717) is 38.5 Å². The summed E-state index contributed by atoms with van der Waals surface area (Å²) in [6, 6.07) is 28.8. The SMILES string of the molecule is Cc1ccc(S(=O)(=O)n2c(-c3ccccc3)c3/c(=C/c4ccccc4)c(=O)n(C(C)(C)C)c(=O)c4c(C)ccc2c43)cc1. The molecular formula is C36H32N2O4S. The van der Waals surface area contributed by atoms with Gasteiger partial charge in [-0.2, -0.15) is 0 Å². The minimum absolute atomic E-state index is 0.112. The first-order valence-corrected chi connectivity index (χ1v) is 15.6. The maximum atomic E-state index is 14.7. The van der Waals surface area contributed by atoms with Crippen molar-refractivity contribution in [3.63, 3.8) is 0 Å². The summed E-state index contributed by atoms with van der Waals surface area (Å²) in [5, 5.41) is 1.44. The van der Waals surface area contributed by atoms with Gasteiger partial charge in [0.05, 0.1) is 26.7 Å². The van der Waals surface area contributed by atoms with E-state index in [1.54, 1.807) is 42.5 Å². The first-order valence-electron chi connectivity index (χ1n) is 14.1. The summed E-state index contributed by atoms with van der Waals surface area (Å²) in [7, 11) is -4.18. The third-order valence-electron chi connectivity index (χ3n) is 7.81. The Hall–Kier alpha value is -4.75. The summed E-state index contributed by atoms with van der Waals surface area (Å²) in [5.41, 5.74) is 1.84. The van der Waals surface area contributed by atoms with Crippen LogP contribution in [0, 0.1) is 13.8 Å². The highest BCUT2D eigenvalue weighted by molar-refractivity contribution is 7.90. The Labute approximate surface area is 250 Å². The molecule has 0 fully saturated rings. The van der Waals surface area contributed by atoms with Crippen LogP contribution in [0.3, 0.4) is 0 Å². The molecule has 0 saturated carbocycles. The van der Waals surface area contributed by atoms with Crippen molar-refractivity contribution in [3.05, 3.63) is 140 Å². The smallest absolute Gasteiger partial charge is 0.268 e. The summed E-state index contributed by atoms with van der Waals surface area (Å²) in [5.74, 6) is 0. The fourth-order valence-corrected chi connectivity index (χ4v) is 7.35. The van der Waals surface area contributed by atoms with E-state index in [-0.39, 0.29) is 10.1 Å². The first-order chi connectivity index (χ1) is 20.4.